The highest BCUT2D eigenvalue weighted by molar-refractivity contribution is 14.1. The number of rotatable bonds is 14. The van der Waals surface area contributed by atoms with Gasteiger partial charge in [0.2, 0.25) is 11.8 Å². The Hall–Kier alpha value is -3.07. The van der Waals surface area contributed by atoms with Crippen LogP contribution in [-0.4, -0.2) is 76.3 Å². The lowest BCUT2D eigenvalue weighted by Crippen LogP contribution is -2.54. The first-order chi connectivity index (χ1) is 20.1. The number of hydrogen-bond acceptors (Lipinski definition) is 8. The van der Waals surface area contributed by atoms with Gasteiger partial charge in [-0.25, -0.2) is 4.39 Å². The molecule has 2 aromatic rings. The molecule has 10 nitrogen and oxygen atoms in total. The van der Waals surface area contributed by atoms with Gasteiger partial charge in [-0.15, -0.1) is 0 Å². The zero-order chi connectivity index (χ0) is 30.8. The summed E-state index contributed by atoms with van der Waals surface area (Å²) < 4.78 is 25.9. The van der Waals surface area contributed by atoms with Crippen molar-refractivity contribution in [1.82, 2.24) is 10.2 Å². The minimum atomic E-state index is -1.30. The fourth-order valence-electron chi connectivity index (χ4n) is 4.70. The maximum atomic E-state index is 13.6. The number of amides is 2. The number of halogens is 2. The second kappa shape index (κ2) is 16.0. The third-order valence-corrected chi connectivity index (χ3v) is 7.65. The summed E-state index contributed by atoms with van der Waals surface area (Å²) in [7, 11) is 1.44. The normalized spacial score (nSPS) is 18.2. The molecule has 3 atom stereocenters. The monoisotopic (exact) mass is 698 g/mol. The van der Waals surface area contributed by atoms with Crippen LogP contribution in [0.4, 0.5) is 4.39 Å². The maximum Gasteiger partial charge on any atom is 0.247 e. The molecule has 0 bridgehead atoms. The van der Waals surface area contributed by atoms with Gasteiger partial charge in [0.05, 0.1) is 29.9 Å². The Balaban J connectivity index is 2.02. The maximum absolute atomic E-state index is 13.6. The van der Waals surface area contributed by atoms with Gasteiger partial charge in [0, 0.05) is 37.9 Å². The molecule has 0 heterocycles. The summed E-state index contributed by atoms with van der Waals surface area (Å²) in [5, 5.41) is 33.1. The van der Waals surface area contributed by atoms with Crippen LogP contribution in [0.2, 0.25) is 0 Å². The van der Waals surface area contributed by atoms with E-state index < -0.39 is 30.0 Å². The molecule has 0 radical (unpaired) electrons. The van der Waals surface area contributed by atoms with Crippen molar-refractivity contribution in [2.24, 2.45) is 0 Å². The number of benzene rings is 2. The third kappa shape index (κ3) is 8.96. The molecule has 228 valence electrons. The molecule has 1 aliphatic carbocycles. The van der Waals surface area contributed by atoms with E-state index in [1.807, 2.05) is 22.6 Å². The number of nitrogens with zero attached hydrogens (tertiary/aromatic N) is 1. The van der Waals surface area contributed by atoms with E-state index in [1.165, 1.54) is 49.3 Å². The lowest BCUT2D eigenvalue weighted by atomic mass is 9.87. The average molecular weight is 699 g/mol. The third-order valence-electron chi connectivity index (χ3n) is 6.85. The van der Waals surface area contributed by atoms with Gasteiger partial charge in [-0.2, -0.15) is 0 Å². The second-order valence-electron chi connectivity index (χ2n) is 9.99. The fraction of sp³-hybridized carbons (Fsp3) is 0.433. The first-order valence-corrected chi connectivity index (χ1v) is 14.6. The fourth-order valence-corrected chi connectivity index (χ4v) is 5.50. The van der Waals surface area contributed by atoms with Crippen molar-refractivity contribution in [3.63, 3.8) is 0 Å². The van der Waals surface area contributed by atoms with E-state index in [4.69, 9.17) is 9.47 Å². The molecule has 0 aliphatic heterocycles. The zero-order valence-electron chi connectivity index (χ0n) is 23.5. The van der Waals surface area contributed by atoms with Gasteiger partial charge in [-0.1, -0.05) is 12.1 Å². The van der Waals surface area contributed by atoms with Crippen LogP contribution >= 0.6 is 22.6 Å². The van der Waals surface area contributed by atoms with Crippen molar-refractivity contribution in [3.05, 3.63) is 68.6 Å². The number of carbonyl (C=O) groups is 3. The summed E-state index contributed by atoms with van der Waals surface area (Å²) in [6.45, 7) is 0.971. The van der Waals surface area contributed by atoms with Crippen LogP contribution in [0.5, 0.6) is 11.5 Å². The highest BCUT2D eigenvalue weighted by Gasteiger charge is 2.41. The molecule has 3 rings (SSSR count). The van der Waals surface area contributed by atoms with Crippen LogP contribution in [0.15, 0.2) is 48.0 Å². The highest BCUT2D eigenvalue weighted by Crippen LogP contribution is 2.37. The number of Topliss-reactive ketones (excluding diaryl/α,β-unsaturated/α-hetero) is 1. The van der Waals surface area contributed by atoms with Crippen LogP contribution in [-0.2, 0) is 27.5 Å². The Morgan fingerprint density at radius 1 is 1.12 bits per heavy atom. The van der Waals surface area contributed by atoms with Gasteiger partial charge in [0.1, 0.15) is 23.8 Å². The summed E-state index contributed by atoms with van der Waals surface area (Å²) in [5.74, 6) is -0.739. The van der Waals surface area contributed by atoms with Crippen molar-refractivity contribution in [3.8, 4) is 11.5 Å². The number of aliphatic hydroxyl groups is 3. The molecule has 1 aliphatic rings. The van der Waals surface area contributed by atoms with E-state index in [0.717, 1.165) is 0 Å². The molecule has 0 spiro atoms. The molecule has 0 aromatic heterocycles. The molecule has 0 fully saturated rings. The van der Waals surface area contributed by atoms with Crippen LogP contribution in [0.25, 0.3) is 0 Å². The molecule has 2 amide bonds. The lowest BCUT2D eigenvalue weighted by molar-refractivity contribution is -0.139. The summed E-state index contributed by atoms with van der Waals surface area (Å²) in [4.78, 5) is 39.6. The number of carbonyl (C=O) groups excluding carboxylic acids is 3. The molecule has 42 heavy (non-hydrogen) atoms. The van der Waals surface area contributed by atoms with E-state index >= 15 is 0 Å². The van der Waals surface area contributed by atoms with Gasteiger partial charge in [-0.3, -0.25) is 9.59 Å². The summed E-state index contributed by atoms with van der Waals surface area (Å²) in [6.07, 6.45) is -0.375. The van der Waals surface area contributed by atoms with Crippen LogP contribution in [0.3, 0.4) is 0 Å². The minimum absolute atomic E-state index is 0.00648. The smallest absolute Gasteiger partial charge is 0.247 e. The number of ketones is 1. The average Bonchev–Trinajstić information content (AvgIpc) is 2.97. The predicted octanol–water partition coefficient (Wildman–Crippen LogP) is 2.63. The first kappa shape index (κ1) is 33.4. The molecular weight excluding hydrogens is 662 g/mol. The van der Waals surface area contributed by atoms with Crippen molar-refractivity contribution in [2.75, 3.05) is 20.3 Å². The predicted molar refractivity (Wildman–Crippen MR) is 160 cm³/mol. The molecule has 4 N–H and O–H groups in total. The molecule has 12 heteroatoms. The largest absolute Gasteiger partial charge is 0.493 e. The molecule has 0 saturated carbocycles. The number of aliphatic hydroxyl groups excluding tert-OH is 3. The Morgan fingerprint density at radius 3 is 2.45 bits per heavy atom. The Labute approximate surface area is 257 Å². The summed E-state index contributed by atoms with van der Waals surface area (Å²) in [6, 6.07) is 7.99. The molecular formula is C30H36FIN2O8. The Bertz CT molecular complexity index is 1290. The quantitative estimate of drug-likeness (QED) is 0.221. The first-order valence-electron chi connectivity index (χ1n) is 13.5. The Morgan fingerprint density at radius 2 is 1.83 bits per heavy atom. The highest BCUT2D eigenvalue weighted by atomic mass is 127. The second-order valence-corrected chi connectivity index (χ2v) is 11.1. The van der Waals surface area contributed by atoms with Crippen LogP contribution in [0, 0.1) is 9.39 Å². The molecule has 0 unspecified atom stereocenters. The van der Waals surface area contributed by atoms with Crippen molar-refractivity contribution >= 4 is 40.2 Å². The Kier molecular flexibility index (Phi) is 12.7. The van der Waals surface area contributed by atoms with E-state index in [0.29, 0.717) is 26.9 Å². The van der Waals surface area contributed by atoms with E-state index in [9.17, 15) is 34.1 Å². The van der Waals surface area contributed by atoms with Crippen molar-refractivity contribution in [1.29, 1.82) is 0 Å². The number of methoxy groups -OCH3 is 1. The zero-order valence-corrected chi connectivity index (χ0v) is 25.7. The van der Waals surface area contributed by atoms with Crippen LogP contribution < -0.4 is 14.8 Å². The van der Waals surface area contributed by atoms with Crippen molar-refractivity contribution in [2.45, 2.75) is 64.0 Å². The number of nitrogens with one attached hydrogen (secondary N) is 1. The standard InChI is InChI=1S/C30H36FIN2O8/c1-18(37)4-3-5-27(38)34(16-19-6-8-22(31)9-7-19)24-14-21(30(40)33-10-11-35)15-25(28(24)39)42-29-23(32)12-20(17-36)13-26(29)41-2/h6-9,12-13,15,24-25,28,35-36,39H,3-5,10-11,14,16-17H2,1-2H3,(H,33,40)/t24-,25+,28+/m1/s1. The summed E-state index contributed by atoms with van der Waals surface area (Å²) >= 11 is 2.02. The van der Waals surface area contributed by atoms with Gasteiger partial charge in [-0.05, 0) is 77.4 Å². The lowest BCUT2D eigenvalue weighted by Gasteiger charge is -2.41. The molecule has 0 saturated heterocycles. The van der Waals surface area contributed by atoms with E-state index in [-0.39, 0.29) is 68.6 Å². The SMILES string of the molecule is COc1cc(CO)cc(I)c1O[C@H]1C=C(C(=O)NCCO)C[C@@H](N(Cc2ccc(F)cc2)C(=O)CCCC(C)=O)[C@@H]1O. The number of ether oxygens (including phenoxy) is 2. The van der Waals surface area contributed by atoms with E-state index in [2.05, 4.69) is 5.32 Å². The minimum Gasteiger partial charge on any atom is -0.493 e. The van der Waals surface area contributed by atoms with Gasteiger partial charge < -0.3 is 39.8 Å². The van der Waals surface area contributed by atoms with Crippen molar-refractivity contribution < 1.29 is 43.6 Å². The summed E-state index contributed by atoms with van der Waals surface area (Å²) in [5.41, 5.74) is 1.44. The van der Waals surface area contributed by atoms with Gasteiger partial charge in [0.15, 0.2) is 11.5 Å². The number of hydrogen-bond donors (Lipinski definition) is 4. The molecule has 2 aromatic carbocycles. The van der Waals surface area contributed by atoms with Crippen LogP contribution in [0.1, 0.15) is 43.7 Å². The van der Waals surface area contributed by atoms with Gasteiger partial charge in [0.25, 0.3) is 0 Å². The topological polar surface area (TPSA) is 146 Å². The van der Waals surface area contributed by atoms with Gasteiger partial charge >= 0.3 is 0 Å². The van der Waals surface area contributed by atoms with E-state index in [1.54, 1.807) is 12.1 Å².